The van der Waals surface area contributed by atoms with Gasteiger partial charge in [0.15, 0.2) is 6.10 Å². The van der Waals surface area contributed by atoms with Crippen molar-refractivity contribution >= 4 is 17.9 Å². The van der Waals surface area contributed by atoms with Crippen LogP contribution in [0.25, 0.3) is 0 Å². The molecule has 0 spiro atoms. The van der Waals surface area contributed by atoms with Crippen molar-refractivity contribution in [2.45, 2.75) is 425 Å². The van der Waals surface area contributed by atoms with Gasteiger partial charge in [-0.1, -0.05) is 340 Å². The van der Waals surface area contributed by atoms with E-state index in [2.05, 4.69) is 57.2 Å². The minimum atomic E-state index is -0.775. The Balaban J connectivity index is 4.32. The first-order valence-corrected chi connectivity index (χ1v) is 37.5. The van der Waals surface area contributed by atoms with Gasteiger partial charge in [-0.2, -0.15) is 0 Å². The van der Waals surface area contributed by atoms with Gasteiger partial charge in [-0.05, 0) is 96.3 Å². The van der Waals surface area contributed by atoms with Crippen LogP contribution >= 0.6 is 0 Å². The van der Waals surface area contributed by atoms with Crippen LogP contribution < -0.4 is 0 Å². The molecule has 0 fully saturated rings. The number of unbranched alkanes of at least 4 members (excludes halogenated alkanes) is 53. The minimum Gasteiger partial charge on any atom is -0.462 e. The number of allylic oxidation sites excluding steroid dienone is 6. The molecule has 488 valence electrons. The average Bonchev–Trinajstić information content (AvgIpc) is 3.49. The Kier molecular flexibility index (Phi) is 70.0. The van der Waals surface area contributed by atoms with Crippen molar-refractivity contribution < 1.29 is 28.6 Å². The van der Waals surface area contributed by atoms with Crippen molar-refractivity contribution in [2.75, 3.05) is 13.2 Å². The summed E-state index contributed by atoms with van der Waals surface area (Å²) in [5.74, 6) is -0.843. The summed E-state index contributed by atoms with van der Waals surface area (Å²) in [4.78, 5) is 38.6. The van der Waals surface area contributed by atoms with Gasteiger partial charge in [0, 0.05) is 19.3 Å². The molecule has 0 bridgehead atoms. The molecule has 6 heteroatoms. The summed E-state index contributed by atoms with van der Waals surface area (Å²) >= 11 is 0. The Morgan fingerprint density at radius 1 is 0.229 bits per heavy atom. The molecule has 1 atom stereocenters. The van der Waals surface area contributed by atoms with Gasteiger partial charge in [-0.3, -0.25) is 14.4 Å². The smallest absolute Gasteiger partial charge is 0.306 e. The largest absolute Gasteiger partial charge is 0.462 e. The highest BCUT2D eigenvalue weighted by Crippen LogP contribution is 2.18. The zero-order valence-electron chi connectivity index (χ0n) is 56.2. The van der Waals surface area contributed by atoms with Crippen LogP contribution in [-0.4, -0.2) is 37.2 Å². The molecule has 0 heterocycles. The van der Waals surface area contributed by atoms with Crippen LogP contribution in [0.1, 0.15) is 419 Å². The number of esters is 3. The van der Waals surface area contributed by atoms with Crippen molar-refractivity contribution in [1.29, 1.82) is 0 Å². The van der Waals surface area contributed by atoms with E-state index in [9.17, 15) is 14.4 Å². The van der Waals surface area contributed by atoms with Crippen LogP contribution in [0.2, 0.25) is 0 Å². The van der Waals surface area contributed by atoms with E-state index in [0.29, 0.717) is 19.3 Å². The molecule has 1 unspecified atom stereocenters. The second kappa shape index (κ2) is 72.1. The van der Waals surface area contributed by atoms with E-state index in [-0.39, 0.29) is 31.1 Å². The molecule has 0 aliphatic rings. The van der Waals surface area contributed by atoms with Gasteiger partial charge in [0.2, 0.25) is 0 Å². The van der Waals surface area contributed by atoms with Crippen molar-refractivity contribution in [3.05, 3.63) is 36.5 Å². The SMILES string of the molecule is CCCCCCCCCC/C=C\CCCCCCCCCCCCCC(=O)OCC(COC(=O)CCCCCCCCCCC/C=C\CCCCCCCCCC)OC(=O)CCCCCCCCCCC/C=C\CCCCCCCCCC. The first-order valence-electron chi connectivity index (χ1n) is 37.5. The van der Waals surface area contributed by atoms with Crippen LogP contribution in [0.3, 0.4) is 0 Å². The molecule has 0 aromatic heterocycles. The standard InChI is InChI=1S/C77H144O6/c1-4-7-10-13-16-19-22-25-28-31-34-37-38-41-43-46-49-52-55-58-61-64-67-70-76(79)82-73-74(83-77(80)71-68-65-62-59-56-53-50-47-44-40-36-33-30-27-24-21-18-15-12-9-6-3)72-81-75(78)69-66-63-60-57-54-51-48-45-42-39-35-32-29-26-23-20-17-14-11-8-5-2/h31-36,74H,4-30,37-73H2,1-3H3/b34-31-,35-32-,36-33-. The van der Waals surface area contributed by atoms with Gasteiger partial charge < -0.3 is 14.2 Å². The number of carbonyl (C=O) groups excluding carboxylic acids is 3. The zero-order valence-corrected chi connectivity index (χ0v) is 56.2. The molecule has 0 aliphatic carbocycles. The Morgan fingerprint density at radius 2 is 0.398 bits per heavy atom. The fourth-order valence-electron chi connectivity index (χ4n) is 11.4. The summed E-state index contributed by atoms with van der Waals surface area (Å²) in [5, 5.41) is 0. The van der Waals surface area contributed by atoms with E-state index in [1.807, 2.05) is 0 Å². The van der Waals surface area contributed by atoms with Crippen LogP contribution in [0.5, 0.6) is 0 Å². The van der Waals surface area contributed by atoms with E-state index < -0.39 is 6.10 Å². The highest BCUT2D eigenvalue weighted by molar-refractivity contribution is 5.71. The number of hydrogen-bond acceptors (Lipinski definition) is 6. The topological polar surface area (TPSA) is 78.9 Å². The highest BCUT2D eigenvalue weighted by Gasteiger charge is 2.20. The molecule has 0 radical (unpaired) electrons. The van der Waals surface area contributed by atoms with Gasteiger partial charge >= 0.3 is 17.9 Å². The Morgan fingerprint density at radius 3 is 0.602 bits per heavy atom. The summed E-state index contributed by atoms with van der Waals surface area (Å²) in [6.07, 6.45) is 90.3. The number of rotatable bonds is 70. The van der Waals surface area contributed by atoms with Crippen LogP contribution in [0, 0.1) is 0 Å². The van der Waals surface area contributed by atoms with E-state index in [0.717, 1.165) is 57.8 Å². The summed E-state index contributed by atoms with van der Waals surface area (Å²) in [5.41, 5.74) is 0. The van der Waals surface area contributed by atoms with E-state index in [1.165, 1.54) is 321 Å². The Hall–Kier alpha value is -2.37. The average molecular weight is 1170 g/mol. The van der Waals surface area contributed by atoms with Crippen molar-refractivity contribution in [3.8, 4) is 0 Å². The van der Waals surface area contributed by atoms with Crippen molar-refractivity contribution in [1.82, 2.24) is 0 Å². The van der Waals surface area contributed by atoms with E-state index >= 15 is 0 Å². The van der Waals surface area contributed by atoms with Gasteiger partial charge in [0.25, 0.3) is 0 Å². The summed E-state index contributed by atoms with van der Waals surface area (Å²) in [6.45, 7) is 6.72. The molecule has 83 heavy (non-hydrogen) atoms. The van der Waals surface area contributed by atoms with Crippen molar-refractivity contribution in [3.63, 3.8) is 0 Å². The fraction of sp³-hybridized carbons (Fsp3) is 0.883. The second-order valence-electron chi connectivity index (χ2n) is 25.6. The second-order valence-corrected chi connectivity index (χ2v) is 25.6. The maximum absolute atomic E-state index is 13.0. The monoisotopic (exact) mass is 1170 g/mol. The maximum atomic E-state index is 13.0. The van der Waals surface area contributed by atoms with Gasteiger partial charge in [0.1, 0.15) is 13.2 Å². The third kappa shape index (κ3) is 70.3. The molecule has 0 N–H and O–H groups in total. The zero-order chi connectivity index (χ0) is 59.9. The predicted octanol–water partition coefficient (Wildman–Crippen LogP) is 25.9. The predicted molar refractivity (Wildman–Crippen MR) is 362 cm³/mol. The van der Waals surface area contributed by atoms with E-state index in [1.54, 1.807) is 0 Å². The third-order valence-electron chi connectivity index (χ3n) is 17.1. The molecule has 0 saturated heterocycles. The maximum Gasteiger partial charge on any atom is 0.306 e. The lowest BCUT2D eigenvalue weighted by molar-refractivity contribution is -0.167. The first-order chi connectivity index (χ1) is 41.0. The lowest BCUT2D eigenvalue weighted by Crippen LogP contribution is -2.30. The minimum absolute atomic E-state index is 0.0699. The number of carbonyl (C=O) groups is 3. The summed E-state index contributed by atoms with van der Waals surface area (Å²) in [6, 6.07) is 0. The molecular weight excluding hydrogens is 1020 g/mol. The number of hydrogen-bond donors (Lipinski definition) is 0. The van der Waals surface area contributed by atoms with Crippen molar-refractivity contribution in [2.24, 2.45) is 0 Å². The summed E-state index contributed by atoms with van der Waals surface area (Å²) < 4.78 is 17.0. The Bertz CT molecular complexity index is 1380. The van der Waals surface area contributed by atoms with Gasteiger partial charge in [0.05, 0.1) is 0 Å². The highest BCUT2D eigenvalue weighted by atomic mass is 16.6. The fourth-order valence-corrected chi connectivity index (χ4v) is 11.4. The number of ether oxygens (including phenoxy) is 3. The van der Waals surface area contributed by atoms with Gasteiger partial charge in [-0.25, -0.2) is 0 Å². The molecule has 0 amide bonds. The molecule has 0 aromatic carbocycles. The molecular formula is C77H144O6. The third-order valence-corrected chi connectivity index (χ3v) is 17.1. The summed E-state index contributed by atoms with van der Waals surface area (Å²) in [7, 11) is 0. The molecule has 0 saturated carbocycles. The van der Waals surface area contributed by atoms with Crippen LogP contribution in [-0.2, 0) is 28.6 Å². The molecule has 0 rings (SSSR count). The molecule has 0 aliphatic heterocycles. The van der Waals surface area contributed by atoms with Gasteiger partial charge in [-0.15, -0.1) is 0 Å². The first kappa shape index (κ1) is 80.6. The lowest BCUT2D eigenvalue weighted by Gasteiger charge is -2.18. The molecule has 0 aromatic rings. The van der Waals surface area contributed by atoms with Crippen LogP contribution in [0.15, 0.2) is 36.5 Å². The quantitative estimate of drug-likeness (QED) is 0.0261. The normalized spacial score (nSPS) is 12.2. The van der Waals surface area contributed by atoms with E-state index in [4.69, 9.17) is 14.2 Å². The lowest BCUT2D eigenvalue weighted by atomic mass is 10.0. The molecule has 6 nitrogen and oxygen atoms in total. The van der Waals surface area contributed by atoms with Crippen LogP contribution in [0.4, 0.5) is 0 Å². The Labute approximate surface area is 518 Å².